The number of hydrogen-bond acceptors (Lipinski definition) is 2. The van der Waals surface area contributed by atoms with Gasteiger partial charge < -0.3 is 0 Å². The summed E-state index contributed by atoms with van der Waals surface area (Å²) in [6, 6.07) is 2.04. The lowest BCUT2D eigenvalue weighted by Crippen LogP contribution is -2.05. The Morgan fingerprint density at radius 1 is 1.12 bits per heavy atom. The quantitative estimate of drug-likeness (QED) is 0.755. The monoisotopic (exact) mass is 231 g/mol. The Hall–Kier alpha value is -1.59. The smallest absolute Gasteiger partial charge is 0.197 e. The van der Waals surface area contributed by atoms with Crippen LogP contribution in [0.15, 0.2) is 12.1 Å². The predicted octanol–water partition coefficient (Wildman–Crippen LogP) is 3.31. The molecular formula is C10H12F3N3. The van der Waals surface area contributed by atoms with Crippen molar-refractivity contribution in [3.8, 4) is 0 Å². The van der Waals surface area contributed by atoms with Gasteiger partial charge in [-0.2, -0.15) is 28.6 Å². The number of nitrogens with zero attached hydrogens (tertiary/aromatic N) is 2. The first-order valence-corrected chi connectivity index (χ1v) is 4.87. The molecular weight excluding hydrogens is 219 g/mol. The molecule has 0 saturated heterocycles. The Morgan fingerprint density at radius 2 is 1.75 bits per heavy atom. The van der Waals surface area contributed by atoms with Crippen molar-refractivity contribution in [3.05, 3.63) is 23.3 Å². The SMILES string of the molecule is CC.Cc1cc(C(F)(F)F)cc2n[nH]nc12. The van der Waals surface area contributed by atoms with Crippen LogP contribution in [-0.4, -0.2) is 15.4 Å². The number of nitrogens with one attached hydrogen (secondary N) is 1. The van der Waals surface area contributed by atoms with Gasteiger partial charge in [-0.15, -0.1) is 0 Å². The van der Waals surface area contributed by atoms with Gasteiger partial charge in [-0.1, -0.05) is 13.8 Å². The first-order valence-electron chi connectivity index (χ1n) is 4.87. The molecule has 1 heterocycles. The van der Waals surface area contributed by atoms with Crippen LogP contribution >= 0.6 is 0 Å². The number of aromatic amines is 1. The van der Waals surface area contributed by atoms with Crippen LogP contribution in [-0.2, 0) is 6.18 Å². The van der Waals surface area contributed by atoms with Crippen LogP contribution in [0.4, 0.5) is 13.2 Å². The summed E-state index contributed by atoms with van der Waals surface area (Å²) in [5.41, 5.74) is 0.468. The van der Waals surface area contributed by atoms with Crippen LogP contribution in [0.1, 0.15) is 25.0 Å². The van der Waals surface area contributed by atoms with Crippen molar-refractivity contribution in [3.63, 3.8) is 0 Å². The number of benzene rings is 1. The van der Waals surface area contributed by atoms with Gasteiger partial charge in [-0.25, -0.2) is 0 Å². The summed E-state index contributed by atoms with van der Waals surface area (Å²) in [5.74, 6) is 0. The van der Waals surface area contributed by atoms with Gasteiger partial charge in [-0.05, 0) is 24.6 Å². The Balaban J connectivity index is 0.000000606. The molecule has 0 atom stereocenters. The highest BCUT2D eigenvalue weighted by molar-refractivity contribution is 5.78. The van der Waals surface area contributed by atoms with E-state index in [9.17, 15) is 13.2 Å². The topological polar surface area (TPSA) is 41.6 Å². The summed E-state index contributed by atoms with van der Waals surface area (Å²) < 4.78 is 37.0. The third-order valence-corrected chi connectivity index (χ3v) is 1.94. The third-order valence-electron chi connectivity index (χ3n) is 1.94. The molecule has 1 aromatic heterocycles. The Morgan fingerprint density at radius 3 is 2.31 bits per heavy atom. The van der Waals surface area contributed by atoms with E-state index in [0.29, 0.717) is 11.1 Å². The summed E-state index contributed by atoms with van der Waals surface area (Å²) >= 11 is 0. The molecule has 16 heavy (non-hydrogen) atoms. The Labute approximate surface area is 90.7 Å². The lowest BCUT2D eigenvalue weighted by molar-refractivity contribution is -0.137. The summed E-state index contributed by atoms with van der Waals surface area (Å²) in [6.07, 6.45) is -4.34. The second-order valence-corrected chi connectivity index (χ2v) is 2.98. The minimum absolute atomic E-state index is 0.234. The average Bonchev–Trinajstić information content (AvgIpc) is 2.68. The molecule has 0 aliphatic rings. The van der Waals surface area contributed by atoms with Gasteiger partial charge in [0.1, 0.15) is 11.0 Å². The molecule has 2 aromatic rings. The average molecular weight is 231 g/mol. The molecule has 0 aliphatic carbocycles. The van der Waals surface area contributed by atoms with Gasteiger partial charge in [0.05, 0.1) is 5.56 Å². The molecule has 0 unspecified atom stereocenters. The van der Waals surface area contributed by atoms with Crippen molar-refractivity contribution in [2.24, 2.45) is 0 Å². The molecule has 0 fully saturated rings. The highest BCUT2D eigenvalue weighted by Gasteiger charge is 2.31. The van der Waals surface area contributed by atoms with E-state index in [1.54, 1.807) is 6.92 Å². The summed E-state index contributed by atoms with van der Waals surface area (Å²) in [7, 11) is 0. The highest BCUT2D eigenvalue weighted by atomic mass is 19.4. The minimum Gasteiger partial charge on any atom is -0.197 e. The van der Waals surface area contributed by atoms with Gasteiger partial charge in [-0.3, -0.25) is 0 Å². The first kappa shape index (κ1) is 12.5. The van der Waals surface area contributed by atoms with Crippen molar-refractivity contribution >= 4 is 11.0 Å². The Kier molecular flexibility index (Phi) is 3.51. The normalized spacial score (nSPS) is 11.1. The zero-order valence-electron chi connectivity index (χ0n) is 9.18. The maximum Gasteiger partial charge on any atom is 0.416 e. The Bertz CT molecular complexity index is 474. The third kappa shape index (κ3) is 2.32. The molecule has 0 amide bonds. The fraction of sp³-hybridized carbons (Fsp3) is 0.400. The molecule has 1 N–H and O–H groups in total. The van der Waals surface area contributed by atoms with Crippen LogP contribution in [0, 0.1) is 6.92 Å². The molecule has 88 valence electrons. The van der Waals surface area contributed by atoms with E-state index in [1.807, 2.05) is 13.8 Å². The number of rotatable bonds is 0. The second kappa shape index (κ2) is 4.51. The molecule has 0 radical (unpaired) electrons. The van der Waals surface area contributed by atoms with E-state index in [0.717, 1.165) is 12.1 Å². The largest absolute Gasteiger partial charge is 0.416 e. The van der Waals surface area contributed by atoms with Crippen molar-refractivity contribution in [2.45, 2.75) is 26.9 Å². The fourth-order valence-electron chi connectivity index (χ4n) is 1.28. The van der Waals surface area contributed by atoms with E-state index >= 15 is 0 Å². The standard InChI is InChI=1S/C8H6F3N3.C2H6/c1-4-2-5(8(9,10)11)3-6-7(4)13-14-12-6;1-2/h2-3H,1H3,(H,12,13,14);1-2H3. The summed E-state index contributed by atoms with van der Waals surface area (Å²) in [4.78, 5) is 0. The van der Waals surface area contributed by atoms with E-state index in [2.05, 4.69) is 15.4 Å². The number of halogens is 3. The van der Waals surface area contributed by atoms with Crippen LogP contribution in [0.3, 0.4) is 0 Å². The highest BCUT2D eigenvalue weighted by Crippen LogP contribution is 2.31. The van der Waals surface area contributed by atoms with Gasteiger partial charge in [0, 0.05) is 0 Å². The number of H-pyrrole nitrogens is 1. The number of fused-ring (bicyclic) bond motifs is 1. The molecule has 0 bridgehead atoms. The molecule has 0 spiro atoms. The predicted molar refractivity (Wildman–Crippen MR) is 55.0 cm³/mol. The van der Waals surface area contributed by atoms with Crippen molar-refractivity contribution in [1.29, 1.82) is 0 Å². The van der Waals surface area contributed by atoms with Crippen molar-refractivity contribution < 1.29 is 13.2 Å². The zero-order chi connectivity index (χ0) is 12.3. The maximum atomic E-state index is 12.3. The lowest BCUT2D eigenvalue weighted by atomic mass is 10.1. The van der Waals surface area contributed by atoms with Crippen LogP contribution in [0.2, 0.25) is 0 Å². The maximum absolute atomic E-state index is 12.3. The van der Waals surface area contributed by atoms with Gasteiger partial charge in [0.25, 0.3) is 0 Å². The van der Waals surface area contributed by atoms with Crippen molar-refractivity contribution in [2.75, 3.05) is 0 Å². The number of aryl methyl sites for hydroxylation is 1. The van der Waals surface area contributed by atoms with Crippen LogP contribution in [0.5, 0.6) is 0 Å². The summed E-state index contributed by atoms with van der Waals surface area (Å²) in [5, 5.41) is 9.65. The molecule has 0 aliphatic heterocycles. The van der Waals surface area contributed by atoms with E-state index in [-0.39, 0.29) is 5.52 Å². The second-order valence-electron chi connectivity index (χ2n) is 2.98. The summed E-state index contributed by atoms with van der Waals surface area (Å²) in [6.45, 7) is 5.57. The minimum atomic E-state index is -4.34. The van der Waals surface area contributed by atoms with Crippen molar-refractivity contribution in [1.82, 2.24) is 15.4 Å². The molecule has 3 nitrogen and oxygen atoms in total. The molecule has 1 aromatic carbocycles. The molecule has 2 rings (SSSR count). The molecule has 0 saturated carbocycles. The number of hydrogen-bond donors (Lipinski definition) is 1. The van der Waals surface area contributed by atoms with E-state index in [1.165, 1.54) is 0 Å². The number of alkyl halides is 3. The lowest BCUT2D eigenvalue weighted by Gasteiger charge is -2.06. The van der Waals surface area contributed by atoms with E-state index < -0.39 is 11.7 Å². The van der Waals surface area contributed by atoms with Crippen LogP contribution in [0.25, 0.3) is 11.0 Å². The first-order chi connectivity index (χ1) is 7.48. The fourth-order valence-corrected chi connectivity index (χ4v) is 1.28. The van der Waals surface area contributed by atoms with Gasteiger partial charge in [0.15, 0.2) is 0 Å². The van der Waals surface area contributed by atoms with Gasteiger partial charge >= 0.3 is 6.18 Å². The van der Waals surface area contributed by atoms with E-state index in [4.69, 9.17) is 0 Å². The van der Waals surface area contributed by atoms with Gasteiger partial charge in [0.2, 0.25) is 0 Å². The molecule has 6 heteroatoms. The van der Waals surface area contributed by atoms with Crippen LogP contribution < -0.4 is 0 Å². The zero-order valence-corrected chi connectivity index (χ0v) is 9.18. The number of aromatic nitrogens is 3.